The lowest BCUT2D eigenvalue weighted by Crippen LogP contribution is -2.11. The molecule has 0 aromatic carbocycles. The van der Waals surface area contributed by atoms with Gasteiger partial charge in [0, 0.05) is 17.8 Å². The predicted molar refractivity (Wildman–Crippen MR) is 49.3 cm³/mol. The number of hydrogen-bond acceptors (Lipinski definition) is 3. The van der Waals surface area contributed by atoms with Gasteiger partial charge >= 0.3 is 5.97 Å². The van der Waals surface area contributed by atoms with Crippen LogP contribution in [-0.4, -0.2) is 21.0 Å². The molecule has 14 heavy (non-hydrogen) atoms. The minimum absolute atomic E-state index is 0.0488. The molecular formula is C9H6N2O3. The molecule has 5 nitrogen and oxygen atoms in total. The van der Waals surface area contributed by atoms with E-state index in [1.54, 1.807) is 12.1 Å². The topological polar surface area (TPSA) is 83.0 Å². The number of aromatic carboxylic acids is 1. The van der Waals surface area contributed by atoms with Gasteiger partial charge in [0.1, 0.15) is 5.52 Å². The molecule has 70 valence electrons. The van der Waals surface area contributed by atoms with E-state index in [0.717, 1.165) is 0 Å². The average molecular weight is 190 g/mol. The number of carboxylic acid groups (broad SMARTS) is 1. The van der Waals surface area contributed by atoms with Crippen molar-refractivity contribution in [2.75, 3.05) is 0 Å². The van der Waals surface area contributed by atoms with Gasteiger partial charge in [0.05, 0.1) is 5.56 Å². The van der Waals surface area contributed by atoms with Crippen LogP contribution in [0.4, 0.5) is 0 Å². The Morgan fingerprint density at radius 1 is 1.50 bits per heavy atom. The van der Waals surface area contributed by atoms with Gasteiger partial charge in [-0.05, 0) is 6.07 Å². The zero-order valence-corrected chi connectivity index (χ0v) is 7.02. The molecule has 0 aliphatic rings. The van der Waals surface area contributed by atoms with E-state index in [-0.39, 0.29) is 16.6 Å². The summed E-state index contributed by atoms with van der Waals surface area (Å²) in [5, 5.41) is 9.17. The first-order valence-corrected chi connectivity index (χ1v) is 3.90. The van der Waals surface area contributed by atoms with E-state index in [2.05, 4.69) is 9.97 Å². The Morgan fingerprint density at radius 2 is 2.29 bits per heavy atom. The fourth-order valence-corrected chi connectivity index (χ4v) is 1.26. The van der Waals surface area contributed by atoms with Gasteiger partial charge in [0.2, 0.25) is 0 Å². The molecule has 0 saturated carbocycles. The molecular weight excluding hydrogens is 184 g/mol. The monoisotopic (exact) mass is 190 g/mol. The molecule has 2 aromatic rings. The number of nitrogens with one attached hydrogen (secondary N) is 1. The highest BCUT2D eigenvalue weighted by Crippen LogP contribution is 2.11. The van der Waals surface area contributed by atoms with Crippen molar-refractivity contribution in [1.82, 2.24) is 9.97 Å². The van der Waals surface area contributed by atoms with E-state index < -0.39 is 5.97 Å². The minimum Gasteiger partial charge on any atom is -0.478 e. The third kappa shape index (κ3) is 1.15. The first-order chi connectivity index (χ1) is 6.70. The summed E-state index contributed by atoms with van der Waals surface area (Å²) >= 11 is 0. The molecule has 0 aliphatic carbocycles. The van der Waals surface area contributed by atoms with Crippen molar-refractivity contribution < 1.29 is 9.90 Å². The van der Waals surface area contributed by atoms with Crippen LogP contribution in [0.25, 0.3) is 10.9 Å². The number of carboxylic acids is 1. The minimum atomic E-state index is -1.08. The van der Waals surface area contributed by atoms with Gasteiger partial charge in [-0.2, -0.15) is 0 Å². The molecule has 0 spiro atoms. The summed E-state index contributed by atoms with van der Waals surface area (Å²) in [6.45, 7) is 0. The number of H-pyrrole nitrogens is 1. The van der Waals surface area contributed by atoms with Crippen molar-refractivity contribution in [3.05, 3.63) is 40.4 Å². The summed E-state index contributed by atoms with van der Waals surface area (Å²) in [6.07, 6.45) is 2.62. The van der Waals surface area contributed by atoms with Crippen molar-refractivity contribution in [3.63, 3.8) is 0 Å². The molecule has 5 heteroatoms. The Balaban J connectivity index is 2.96. The number of rotatable bonds is 1. The van der Waals surface area contributed by atoms with Crippen LogP contribution in [0, 0.1) is 0 Å². The number of carbonyl (C=O) groups is 1. The molecule has 0 radical (unpaired) electrons. The Hall–Kier alpha value is -2.17. The summed E-state index contributed by atoms with van der Waals surface area (Å²) in [7, 11) is 0. The van der Waals surface area contributed by atoms with Gasteiger partial charge in [0.15, 0.2) is 0 Å². The van der Waals surface area contributed by atoms with Crippen molar-refractivity contribution in [2.45, 2.75) is 0 Å². The largest absolute Gasteiger partial charge is 0.478 e. The van der Waals surface area contributed by atoms with Gasteiger partial charge in [-0.15, -0.1) is 0 Å². The van der Waals surface area contributed by atoms with Crippen LogP contribution >= 0.6 is 0 Å². The van der Waals surface area contributed by atoms with E-state index in [1.165, 1.54) is 12.4 Å². The van der Waals surface area contributed by atoms with E-state index in [1.807, 2.05) is 0 Å². The molecule has 2 heterocycles. The number of aromatic nitrogens is 2. The van der Waals surface area contributed by atoms with Crippen molar-refractivity contribution in [3.8, 4) is 0 Å². The van der Waals surface area contributed by atoms with E-state index in [9.17, 15) is 9.59 Å². The van der Waals surface area contributed by atoms with E-state index >= 15 is 0 Å². The molecule has 0 atom stereocenters. The number of pyridine rings is 2. The summed E-state index contributed by atoms with van der Waals surface area (Å²) in [5.74, 6) is -1.08. The maximum absolute atomic E-state index is 11.2. The van der Waals surface area contributed by atoms with E-state index in [0.29, 0.717) is 5.39 Å². The van der Waals surface area contributed by atoms with Crippen molar-refractivity contribution in [2.24, 2.45) is 0 Å². The average Bonchev–Trinajstić information content (AvgIpc) is 2.18. The predicted octanol–water partition coefficient (Wildman–Crippen LogP) is 0.621. The second-order valence-electron chi connectivity index (χ2n) is 2.74. The third-order valence-electron chi connectivity index (χ3n) is 1.89. The summed E-state index contributed by atoms with van der Waals surface area (Å²) in [4.78, 5) is 28.2. The maximum Gasteiger partial charge on any atom is 0.337 e. The SMILES string of the molecule is O=C(O)c1c[nH]c(=O)c2ncccc12. The molecule has 2 aromatic heterocycles. The lowest BCUT2D eigenvalue weighted by molar-refractivity contribution is 0.0698. The first-order valence-electron chi connectivity index (χ1n) is 3.90. The Morgan fingerprint density at radius 3 is 3.00 bits per heavy atom. The zero-order valence-electron chi connectivity index (χ0n) is 7.02. The summed E-state index contributed by atoms with van der Waals surface area (Å²) < 4.78 is 0. The molecule has 0 unspecified atom stereocenters. The normalized spacial score (nSPS) is 10.3. The van der Waals surface area contributed by atoms with Crippen LogP contribution in [-0.2, 0) is 0 Å². The van der Waals surface area contributed by atoms with Crippen molar-refractivity contribution in [1.29, 1.82) is 0 Å². The molecule has 0 bridgehead atoms. The highest BCUT2D eigenvalue weighted by atomic mass is 16.4. The molecule has 2 N–H and O–H groups in total. The number of fused-ring (bicyclic) bond motifs is 1. The molecule has 0 fully saturated rings. The van der Waals surface area contributed by atoms with Gasteiger partial charge in [-0.25, -0.2) is 4.79 Å². The van der Waals surface area contributed by atoms with Gasteiger partial charge in [0.25, 0.3) is 5.56 Å². The van der Waals surface area contributed by atoms with Crippen LogP contribution in [0.5, 0.6) is 0 Å². The maximum atomic E-state index is 11.2. The van der Waals surface area contributed by atoms with Gasteiger partial charge < -0.3 is 10.1 Å². The second kappa shape index (κ2) is 2.95. The van der Waals surface area contributed by atoms with Gasteiger partial charge in [-0.1, -0.05) is 6.07 Å². The van der Waals surface area contributed by atoms with Crippen LogP contribution in [0.2, 0.25) is 0 Å². The smallest absolute Gasteiger partial charge is 0.337 e. The van der Waals surface area contributed by atoms with E-state index in [4.69, 9.17) is 5.11 Å². The van der Waals surface area contributed by atoms with Gasteiger partial charge in [-0.3, -0.25) is 9.78 Å². The van der Waals surface area contributed by atoms with Crippen LogP contribution in [0.3, 0.4) is 0 Å². The van der Waals surface area contributed by atoms with Crippen LogP contribution in [0.1, 0.15) is 10.4 Å². The number of hydrogen-bond donors (Lipinski definition) is 2. The van der Waals surface area contributed by atoms with Crippen LogP contribution in [0.15, 0.2) is 29.3 Å². The second-order valence-corrected chi connectivity index (χ2v) is 2.74. The highest BCUT2D eigenvalue weighted by molar-refractivity contribution is 6.01. The Labute approximate surface area is 78.0 Å². The lowest BCUT2D eigenvalue weighted by Gasteiger charge is -1.99. The number of nitrogens with zero attached hydrogens (tertiary/aromatic N) is 1. The lowest BCUT2D eigenvalue weighted by atomic mass is 10.1. The highest BCUT2D eigenvalue weighted by Gasteiger charge is 2.10. The molecule has 2 rings (SSSR count). The first kappa shape index (κ1) is 8.43. The zero-order chi connectivity index (χ0) is 10.1. The third-order valence-corrected chi connectivity index (χ3v) is 1.89. The van der Waals surface area contributed by atoms with Crippen molar-refractivity contribution >= 4 is 16.9 Å². The standard InChI is InChI=1S/C9H6N2O3/c12-8-7-5(2-1-3-10-7)6(4-11-8)9(13)14/h1-4H,(H,11,12)(H,13,14). The quantitative estimate of drug-likeness (QED) is 0.690. The molecule has 0 aliphatic heterocycles. The molecule has 0 amide bonds. The summed E-state index contributed by atoms with van der Waals surface area (Å²) in [6, 6.07) is 3.15. The fraction of sp³-hybridized carbons (Fsp3) is 0. The molecule has 0 saturated heterocycles. The van der Waals surface area contributed by atoms with Crippen LogP contribution < -0.4 is 5.56 Å². The number of aromatic amines is 1. The Kier molecular flexibility index (Phi) is 1.78. The summed E-state index contributed by atoms with van der Waals surface area (Å²) in [5.41, 5.74) is -0.189. The fourth-order valence-electron chi connectivity index (χ4n) is 1.26. The Bertz CT molecular complexity index is 559.